The van der Waals surface area contributed by atoms with E-state index in [0.29, 0.717) is 6.42 Å². The van der Waals surface area contributed by atoms with E-state index >= 15 is 0 Å². The zero-order valence-electron chi connectivity index (χ0n) is 13.8. The van der Waals surface area contributed by atoms with E-state index in [1.165, 1.54) is 0 Å². The smallest absolute Gasteiger partial charge is 0.325 e. The molecule has 6 nitrogen and oxygen atoms in total. The number of hydrogen-bond donors (Lipinski definition) is 1. The molecule has 0 saturated carbocycles. The molecule has 0 aromatic heterocycles. The largest absolute Gasteiger partial charge is 0.326 e. The number of nitrogens with one attached hydrogen (secondary N) is 1. The summed E-state index contributed by atoms with van der Waals surface area (Å²) in [6, 6.07) is 8.18. The maximum atomic E-state index is 12.6. The molecule has 1 atom stereocenters. The number of anilines is 1. The first-order valence-corrected chi connectivity index (χ1v) is 7.94. The van der Waals surface area contributed by atoms with Gasteiger partial charge in [0.05, 0.1) is 0 Å². The summed E-state index contributed by atoms with van der Waals surface area (Å²) in [5.41, 5.74) is 0.754. The van der Waals surface area contributed by atoms with Crippen molar-refractivity contribution in [1.29, 1.82) is 0 Å². The zero-order valence-corrected chi connectivity index (χ0v) is 13.8. The molecule has 23 heavy (non-hydrogen) atoms. The van der Waals surface area contributed by atoms with Gasteiger partial charge in [-0.2, -0.15) is 0 Å². The predicted molar refractivity (Wildman–Crippen MR) is 88.0 cm³/mol. The van der Waals surface area contributed by atoms with Crippen LogP contribution in [-0.4, -0.2) is 41.4 Å². The number of amides is 4. The van der Waals surface area contributed by atoms with Crippen LogP contribution in [0.1, 0.15) is 33.6 Å². The van der Waals surface area contributed by atoms with Crippen molar-refractivity contribution < 1.29 is 14.4 Å². The fourth-order valence-electron chi connectivity index (χ4n) is 2.74. The second kappa shape index (κ2) is 7.26. The predicted octanol–water partition coefficient (Wildman–Crippen LogP) is 2.15. The number of nitrogens with zero attached hydrogens (tertiary/aromatic N) is 2. The molecule has 0 radical (unpaired) electrons. The summed E-state index contributed by atoms with van der Waals surface area (Å²) in [5, 5.41) is 2.63. The van der Waals surface area contributed by atoms with Gasteiger partial charge in [0.15, 0.2) is 0 Å². The first-order valence-electron chi connectivity index (χ1n) is 7.94. The summed E-state index contributed by atoms with van der Waals surface area (Å²) < 4.78 is 0. The molecule has 4 amide bonds. The number of hydrogen-bond acceptors (Lipinski definition) is 3. The number of urea groups is 1. The van der Waals surface area contributed by atoms with Crippen LogP contribution in [0, 0.1) is 0 Å². The lowest BCUT2D eigenvalue weighted by molar-refractivity contribution is -0.131. The minimum Gasteiger partial charge on any atom is -0.326 e. The molecule has 1 fully saturated rings. The van der Waals surface area contributed by atoms with Gasteiger partial charge in [0, 0.05) is 11.7 Å². The SMILES string of the molecule is CCC[C@H]1NC(=O)N(CC(=O)N(c2ccccc2)C(C)C)C1=O. The summed E-state index contributed by atoms with van der Waals surface area (Å²) >= 11 is 0. The second-order valence-corrected chi connectivity index (χ2v) is 5.91. The van der Waals surface area contributed by atoms with E-state index in [4.69, 9.17) is 0 Å². The van der Waals surface area contributed by atoms with Crippen molar-refractivity contribution >= 4 is 23.5 Å². The van der Waals surface area contributed by atoms with Gasteiger partial charge in [-0.1, -0.05) is 31.5 Å². The summed E-state index contributed by atoms with van der Waals surface area (Å²) in [4.78, 5) is 39.5. The molecule has 1 N–H and O–H groups in total. The van der Waals surface area contributed by atoms with Gasteiger partial charge < -0.3 is 10.2 Å². The van der Waals surface area contributed by atoms with Crippen molar-refractivity contribution in [3.05, 3.63) is 30.3 Å². The lowest BCUT2D eigenvalue weighted by Crippen LogP contribution is -2.46. The van der Waals surface area contributed by atoms with Gasteiger partial charge in [-0.25, -0.2) is 4.79 Å². The van der Waals surface area contributed by atoms with Gasteiger partial charge in [-0.15, -0.1) is 0 Å². The Morgan fingerprint density at radius 3 is 2.48 bits per heavy atom. The molecule has 1 aliphatic heterocycles. The van der Waals surface area contributed by atoms with E-state index in [9.17, 15) is 14.4 Å². The van der Waals surface area contributed by atoms with E-state index < -0.39 is 12.1 Å². The Labute approximate surface area is 136 Å². The Kier molecular flexibility index (Phi) is 5.36. The fourth-order valence-corrected chi connectivity index (χ4v) is 2.74. The number of benzene rings is 1. The first-order chi connectivity index (χ1) is 11.0. The summed E-state index contributed by atoms with van der Waals surface area (Å²) in [6.07, 6.45) is 1.38. The number of carbonyl (C=O) groups excluding carboxylic acids is 3. The number of para-hydroxylation sites is 1. The normalized spacial score (nSPS) is 17.6. The monoisotopic (exact) mass is 317 g/mol. The molecule has 1 aliphatic rings. The Morgan fingerprint density at radius 1 is 1.26 bits per heavy atom. The van der Waals surface area contributed by atoms with Gasteiger partial charge in [-0.3, -0.25) is 14.5 Å². The minimum absolute atomic E-state index is 0.0721. The third-order valence-corrected chi connectivity index (χ3v) is 3.80. The first kappa shape index (κ1) is 17.0. The molecule has 124 valence electrons. The molecule has 0 aliphatic carbocycles. The van der Waals surface area contributed by atoms with Gasteiger partial charge in [0.25, 0.3) is 5.91 Å². The Hall–Kier alpha value is -2.37. The number of imide groups is 1. The standard InChI is InChI=1S/C17H23N3O3/c1-4-8-14-16(22)19(17(23)18-14)11-15(21)20(12(2)3)13-9-6-5-7-10-13/h5-7,9-10,12,14H,4,8,11H2,1-3H3,(H,18,23)/t14-/m1/s1. The molecular formula is C17H23N3O3. The molecule has 0 unspecified atom stereocenters. The van der Waals surface area contributed by atoms with E-state index in [0.717, 1.165) is 17.0 Å². The minimum atomic E-state index is -0.510. The third kappa shape index (κ3) is 3.70. The van der Waals surface area contributed by atoms with Crippen LogP contribution in [0.2, 0.25) is 0 Å². The average Bonchev–Trinajstić information content (AvgIpc) is 2.76. The summed E-state index contributed by atoms with van der Waals surface area (Å²) in [5.74, 6) is -0.589. The van der Waals surface area contributed by atoms with E-state index in [2.05, 4.69) is 5.32 Å². The molecule has 1 aromatic carbocycles. The highest BCUT2D eigenvalue weighted by Gasteiger charge is 2.39. The Morgan fingerprint density at radius 2 is 1.91 bits per heavy atom. The van der Waals surface area contributed by atoms with E-state index in [1.807, 2.05) is 51.1 Å². The van der Waals surface area contributed by atoms with Crippen molar-refractivity contribution in [3.8, 4) is 0 Å². The molecule has 1 aromatic rings. The number of carbonyl (C=O) groups is 3. The maximum absolute atomic E-state index is 12.6. The summed E-state index contributed by atoms with van der Waals surface area (Å²) in [6.45, 7) is 5.51. The highest BCUT2D eigenvalue weighted by molar-refractivity contribution is 6.08. The average molecular weight is 317 g/mol. The van der Waals surface area contributed by atoms with Crippen molar-refractivity contribution in [2.75, 3.05) is 11.4 Å². The summed E-state index contributed by atoms with van der Waals surface area (Å²) in [7, 11) is 0. The van der Waals surface area contributed by atoms with Crippen molar-refractivity contribution in [2.24, 2.45) is 0 Å². The van der Waals surface area contributed by atoms with Crippen molar-refractivity contribution in [2.45, 2.75) is 45.7 Å². The van der Waals surface area contributed by atoms with Gasteiger partial charge in [0.2, 0.25) is 5.91 Å². The second-order valence-electron chi connectivity index (χ2n) is 5.91. The molecule has 1 heterocycles. The number of rotatable bonds is 6. The van der Waals surface area contributed by atoms with Gasteiger partial charge in [-0.05, 0) is 32.4 Å². The topological polar surface area (TPSA) is 69.7 Å². The molecule has 0 bridgehead atoms. The van der Waals surface area contributed by atoms with Crippen LogP contribution in [-0.2, 0) is 9.59 Å². The molecular weight excluding hydrogens is 294 g/mol. The van der Waals surface area contributed by atoms with Crippen molar-refractivity contribution in [1.82, 2.24) is 10.2 Å². The van der Waals surface area contributed by atoms with Crippen LogP contribution in [0.3, 0.4) is 0 Å². The Balaban J connectivity index is 2.13. The van der Waals surface area contributed by atoms with Crippen LogP contribution >= 0.6 is 0 Å². The molecule has 0 spiro atoms. The van der Waals surface area contributed by atoms with E-state index in [-0.39, 0.29) is 24.4 Å². The quantitative estimate of drug-likeness (QED) is 0.817. The van der Waals surface area contributed by atoms with Crippen LogP contribution in [0.15, 0.2) is 30.3 Å². The molecule has 2 rings (SSSR count). The van der Waals surface area contributed by atoms with Crippen LogP contribution < -0.4 is 10.2 Å². The third-order valence-electron chi connectivity index (χ3n) is 3.80. The fraction of sp³-hybridized carbons (Fsp3) is 0.471. The van der Waals surface area contributed by atoms with Gasteiger partial charge in [0.1, 0.15) is 12.6 Å². The lowest BCUT2D eigenvalue weighted by atomic mass is 10.1. The molecule has 6 heteroatoms. The van der Waals surface area contributed by atoms with Gasteiger partial charge >= 0.3 is 6.03 Å². The van der Waals surface area contributed by atoms with Crippen LogP contribution in [0.5, 0.6) is 0 Å². The lowest BCUT2D eigenvalue weighted by Gasteiger charge is -2.28. The van der Waals surface area contributed by atoms with Crippen LogP contribution in [0.4, 0.5) is 10.5 Å². The molecule has 1 saturated heterocycles. The van der Waals surface area contributed by atoms with Crippen molar-refractivity contribution in [3.63, 3.8) is 0 Å². The highest BCUT2D eigenvalue weighted by Crippen LogP contribution is 2.18. The van der Waals surface area contributed by atoms with E-state index in [1.54, 1.807) is 4.90 Å². The maximum Gasteiger partial charge on any atom is 0.325 e. The Bertz CT molecular complexity index is 586. The highest BCUT2D eigenvalue weighted by atomic mass is 16.2. The van der Waals surface area contributed by atoms with Crippen LogP contribution in [0.25, 0.3) is 0 Å². The zero-order chi connectivity index (χ0) is 17.0.